The maximum Gasteiger partial charge on any atom is 0.435 e. The topological polar surface area (TPSA) is 115 Å². The van der Waals surface area contributed by atoms with E-state index in [0.29, 0.717) is 17.2 Å². The molecule has 1 saturated carbocycles. The van der Waals surface area contributed by atoms with E-state index in [1.165, 1.54) is 4.68 Å². The Morgan fingerprint density at radius 3 is 2.50 bits per heavy atom. The number of carbonyl (C=O) groups excluding carboxylic acids is 2. The Morgan fingerprint density at radius 2 is 1.87 bits per heavy atom. The molecule has 0 aliphatic heterocycles. The lowest BCUT2D eigenvalue weighted by Gasteiger charge is -2.30. The monoisotopic (exact) mass is 535 g/mol. The normalized spacial score (nSPS) is 15.4. The molecular formula is C25H32F3N7O3. The second-order valence-corrected chi connectivity index (χ2v) is 11.2. The fraction of sp³-hybridized carbons (Fsp3) is 0.560. The molecule has 2 N–H and O–H groups in total. The minimum absolute atomic E-state index is 0.0132. The van der Waals surface area contributed by atoms with Crippen molar-refractivity contribution in [3.8, 4) is 0 Å². The molecule has 0 aromatic carbocycles. The van der Waals surface area contributed by atoms with E-state index in [2.05, 4.69) is 25.7 Å². The highest BCUT2D eigenvalue weighted by Gasteiger charge is 2.39. The number of hydrogen-bond acceptors (Lipinski definition) is 6. The number of fused-ring (bicyclic) bond motifs is 1. The van der Waals surface area contributed by atoms with Crippen LogP contribution in [0.25, 0.3) is 5.78 Å². The second-order valence-electron chi connectivity index (χ2n) is 11.2. The average Bonchev–Trinajstić information content (AvgIpc) is 3.40. The summed E-state index contributed by atoms with van der Waals surface area (Å²) in [5.74, 6) is -0.0719. The number of halogens is 3. The summed E-state index contributed by atoms with van der Waals surface area (Å²) in [5, 5.41) is 9.29. The number of ether oxygens (including phenoxy) is 1. The first-order valence-corrected chi connectivity index (χ1v) is 12.3. The summed E-state index contributed by atoms with van der Waals surface area (Å²) in [7, 11) is 0. The highest BCUT2D eigenvalue weighted by molar-refractivity contribution is 5.86. The molecule has 1 aliphatic rings. The predicted molar refractivity (Wildman–Crippen MR) is 131 cm³/mol. The Kier molecular flexibility index (Phi) is 7.15. The molecule has 0 spiro atoms. The van der Waals surface area contributed by atoms with Gasteiger partial charge in [-0.05, 0) is 59.6 Å². The van der Waals surface area contributed by atoms with E-state index in [-0.39, 0.29) is 18.9 Å². The molecule has 1 aliphatic carbocycles. The van der Waals surface area contributed by atoms with E-state index >= 15 is 0 Å². The van der Waals surface area contributed by atoms with Crippen LogP contribution in [0.4, 0.5) is 18.0 Å². The van der Waals surface area contributed by atoms with Crippen molar-refractivity contribution in [1.29, 1.82) is 0 Å². The SMILES string of the molecule is CC(C)(Cn1nc(C(F)(F)F)cc1C1CC1)NC(=O)C(Cc1cnc2ncccn12)NC(=O)OC(C)(C)C. The molecule has 13 heteroatoms. The number of hydrogen-bond donors (Lipinski definition) is 2. The molecule has 0 saturated heterocycles. The van der Waals surface area contributed by atoms with E-state index < -0.39 is 41.1 Å². The smallest absolute Gasteiger partial charge is 0.435 e. The van der Waals surface area contributed by atoms with Crippen LogP contribution in [-0.2, 0) is 28.7 Å². The van der Waals surface area contributed by atoms with Crippen molar-refractivity contribution in [2.75, 3.05) is 0 Å². The molecule has 0 bridgehead atoms. The van der Waals surface area contributed by atoms with E-state index in [0.717, 1.165) is 18.9 Å². The predicted octanol–water partition coefficient (Wildman–Crippen LogP) is 3.85. The van der Waals surface area contributed by atoms with Gasteiger partial charge in [0.2, 0.25) is 11.7 Å². The van der Waals surface area contributed by atoms with Gasteiger partial charge in [0.25, 0.3) is 0 Å². The molecule has 206 valence electrons. The van der Waals surface area contributed by atoms with Crippen molar-refractivity contribution in [1.82, 2.24) is 34.8 Å². The van der Waals surface area contributed by atoms with E-state index in [1.807, 2.05) is 0 Å². The summed E-state index contributed by atoms with van der Waals surface area (Å²) in [4.78, 5) is 34.4. The average molecular weight is 536 g/mol. The zero-order chi connectivity index (χ0) is 27.9. The molecule has 38 heavy (non-hydrogen) atoms. The molecular weight excluding hydrogens is 503 g/mol. The Balaban J connectivity index is 1.54. The van der Waals surface area contributed by atoms with Gasteiger partial charge in [-0.2, -0.15) is 18.3 Å². The summed E-state index contributed by atoms with van der Waals surface area (Å²) in [6.07, 6.45) is 1.22. The zero-order valence-electron chi connectivity index (χ0n) is 22.0. The molecule has 1 unspecified atom stereocenters. The van der Waals surface area contributed by atoms with E-state index in [9.17, 15) is 22.8 Å². The van der Waals surface area contributed by atoms with Crippen molar-refractivity contribution in [2.45, 2.75) is 89.7 Å². The molecule has 4 rings (SSSR count). The summed E-state index contributed by atoms with van der Waals surface area (Å²) in [6, 6.07) is 1.74. The van der Waals surface area contributed by atoms with Crippen molar-refractivity contribution >= 4 is 17.8 Å². The molecule has 3 aromatic heterocycles. The number of nitrogens with zero attached hydrogens (tertiary/aromatic N) is 5. The molecule has 2 amide bonds. The number of amides is 2. The molecule has 10 nitrogen and oxygen atoms in total. The number of aromatic nitrogens is 5. The number of rotatable bonds is 8. The molecule has 1 fully saturated rings. The van der Waals surface area contributed by atoms with Gasteiger partial charge in [0.1, 0.15) is 11.6 Å². The van der Waals surface area contributed by atoms with Crippen LogP contribution in [0.2, 0.25) is 0 Å². The van der Waals surface area contributed by atoms with Gasteiger partial charge < -0.3 is 15.4 Å². The standard InChI is InChI=1S/C25H32F3N7O3/c1-23(2,3)38-22(37)31-17(11-16-13-30-21-29-9-6-10-34(16)21)20(36)32-24(4,5)14-35-18(15-7-8-15)12-19(33-35)25(26,27)28/h6,9-10,12-13,15,17H,7-8,11,14H2,1-5H3,(H,31,37)(H,32,36). The summed E-state index contributed by atoms with van der Waals surface area (Å²) < 4.78 is 48.4. The van der Waals surface area contributed by atoms with Crippen LogP contribution in [-0.4, -0.2) is 53.3 Å². The van der Waals surface area contributed by atoms with Gasteiger partial charge in [-0.3, -0.25) is 13.9 Å². The van der Waals surface area contributed by atoms with Crippen molar-refractivity contribution in [2.24, 2.45) is 0 Å². The van der Waals surface area contributed by atoms with Gasteiger partial charge in [0.05, 0.1) is 18.3 Å². The van der Waals surface area contributed by atoms with Gasteiger partial charge >= 0.3 is 12.3 Å². The quantitative estimate of drug-likeness (QED) is 0.453. The van der Waals surface area contributed by atoms with Crippen LogP contribution in [0.5, 0.6) is 0 Å². The highest BCUT2D eigenvalue weighted by Crippen LogP contribution is 2.42. The van der Waals surface area contributed by atoms with Crippen LogP contribution in [0.3, 0.4) is 0 Å². The zero-order valence-corrected chi connectivity index (χ0v) is 22.0. The molecule has 3 aromatic rings. The Hall–Kier alpha value is -3.64. The fourth-order valence-corrected chi connectivity index (χ4v) is 4.14. The maximum absolute atomic E-state index is 13.5. The summed E-state index contributed by atoms with van der Waals surface area (Å²) in [5.41, 5.74) is -1.61. The first-order valence-electron chi connectivity index (χ1n) is 12.3. The third-order valence-corrected chi connectivity index (χ3v) is 5.89. The third-order valence-electron chi connectivity index (χ3n) is 5.89. The molecule has 1 atom stereocenters. The van der Waals surface area contributed by atoms with Gasteiger partial charge in [0.15, 0.2) is 5.69 Å². The van der Waals surface area contributed by atoms with Crippen LogP contribution in [0.15, 0.2) is 30.7 Å². The number of alkyl carbamates (subject to hydrolysis) is 1. The first-order chi connectivity index (χ1) is 17.6. The van der Waals surface area contributed by atoms with Gasteiger partial charge in [-0.1, -0.05) is 0 Å². The summed E-state index contributed by atoms with van der Waals surface area (Å²) in [6.45, 7) is 8.52. The molecule has 3 heterocycles. The second kappa shape index (κ2) is 9.91. The highest BCUT2D eigenvalue weighted by atomic mass is 19.4. The maximum atomic E-state index is 13.5. The van der Waals surface area contributed by atoms with Gasteiger partial charge in [-0.25, -0.2) is 14.8 Å². The number of nitrogens with one attached hydrogen (secondary N) is 2. The van der Waals surface area contributed by atoms with Crippen molar-refractivity contribution in [3.05, 3.63) is 47.8 Å². The first kappa shape index (κ1) is 27.4. The van der Waals surface area contributed by atoms with E-state index in [1.54, 1.807) is 63.7 Å². The van der Waals surface area contributed by atoms with Gasteiger partial charge in [-0.15, -0.1) is 0 Å². The largest absolute Gasteiger partial charge is 0.444 e. The lowest BCUT2D eigenvalue weighted by atomic mass is 10.0. The van der Waals surface area contributed by atoms with Crippen LogP contribution in [0, 0.1) is 0 Å². The third kappa shape index (κ3) is 6.81. The fourth-order valence-electron chi connectivity index (χ4n) is 4.14. The number of imidazole rings is 1. The lowest BCUT2D eigenvalue weighted by Crippen LogP contribution is -2.56. The number of alkyl halides is 3. The minimum Gasteiger partial charge on any atom is -0.444 e. The van der Waals surface area contributed by atoms with E-state index in [4.69, 9.17) is 4.74 Å². The minimum atomic E-state index is -4.56. The lowest BCUT2D eigenvalue weighted by molar-refractivity contribution is -0.141. The van der Waals surface area contributed by atoms with Crippen LogP contribution in [0.1, 0.15) is 70.5 Å². The Bertz CT molecular complexity index is 1320. The summed E-state index contributed by atoms with van der Waals surface area (Å²) >= 11 is 0. The van der Waals surface area contributed by atoms with Crippen LogP contribution >= 0.6 is 0 Å². The Labute approximate surface area is 218 Å². The molecule has 0 radical (unpaired) electrons. The van der Waals surface area contributed by atoms with Gasteiger partial charge in [0, 0.05) is 36.1 Å². The number of carbonyl (C=O) groups is 2. The van der Waals surface area contributed by atoms with Crippen molar-refractivity contribution in [3.63, 3.8) is 0 Å². The van der Waals surface area contributed by atoms with Crippen molar-refractivity contribution < 1.29 is 27.5 Å². The van der Waals surface area contributed by atoms with Crippen LogP contribution < -0.4 is 10.6 Å². The Morgan fingerprint density at radius 1 is 1.16 bits per heavy atom.